The van der Waals surface area contributed by atoms with E-state index in [1.165, 1.54) is 0 Å². The van der Waals surface area contributed by atoms with Gasteiger partial charge in [-0.15, -0.1) is 0 Å². The van der Waals surface area contributed by atoms with Crippen LogP contribution in [0.4, 0.5) is 5.82 Å². The van der Waals surface area contributed by atoms with Crippen molar-refractivity contribution in [2.75, 3.05) is 5.73 Å². The molecule has 2 aromatic carbocycles. The third-order valence-electron chi connectivity index (χ3n) is 5.47. The summed E-state index contributed by atoms with van der Waals surface area (Å²) in [5.41, 5.74) is 10.0. The minimum absolute atomic E-state index is 0.262. The van der Waals surface area contributed by atoms with Crippen molar-refractivity contribution in [3.63, 3.8) is 0 Å². The lowest BCUT2D eigenvalue weighted by atomic mass is 10.0. The molecule has 0 amide bonds. The summed E-state index contributed by atoms with van der Waals surface area (Å²) < 4.78 is 2.11. The molecule has 0 atom stereocenters. The van der Waals surface area contributed by atoms with E-state index < -0.39 is 5.60 Å². The van der Waals surface area contributed by atoms with Crippen LogP contribution in [0.2, 0.25) is 0 Å². The first-order valence-corrected chi connectivity index (χ1v) is 10.8. The van der Waals surface area contributed by atoms with Gasteiger partial charge in [0.2, 0.25) is 0 Å². The summed E-state index contributed by atoms with van der Waals surface area (Å²) in [6, 6.07) is 13.5. The standard InChI is InChI=1S/C25H30N4O2/c1-4-5-9-21-28-22-23(29(21)15-25(2,3)31)19-11-10-17(14-20(19)27-24(22)26)12-16-7-6-8-18(30)13-16/h6-8,10-11,13-14,30-31H,4-5,9,12,15H2,1-3H3,(H2,26,27). The lowest BCUT2D eigenvalue weighted by Gasteiger charge is -2.21. The van der Waals surface area contributed by atoms with E-state index in [-0.39, 0.29) is 5.75 Å². The van der Waals surface area contributed by atoms with Crippen molar-refractivity contribution in [3.05, 3.63) is 59.4 Å². The largest absolute Gasteiger partial charge is 0.508 e. The summed E-state index contributed by atoms with van der Waals surface area (Å²) in [6.07, 6.45) is 3.61. The van der Waals surface area contributed by atoms with Crippen LogP contribution in [0.5, 0.6) is 5.75 Å². The summed E-state index contributed by atoms with van der Waals surface area (Å²) in [7, 11) is 0. The minimum Gasteiger partial charge on any atom is -0.508 e. The SMILES string of the molecule is CCCCc1nc2c(N)nc3cc(Cc4cccc(O)c4)ccc3c2n1CC(C)(C)O. The van der Waals surface area contributed by atoms with Crippen LogP contribution in [0.25, 0.3) is 21.9 Å². The number of aryl methyl sites for hydroxylation is 1. The highest BCUT2D eigenvalue weighted by Crippen LogP contribution is 2.31. The Morgan fingerprint density at radius 2 is 1.84 bits per heavy atom. The summed E-state index contributed by atoms with van der Waals surface area (Å²) >= 11 is 0. The Morgan fingerprint density at radius 3 is 2.55 bits per heavy atom. The molecule has 6 nitrogen and oxygen atoms in total. The fourth-order valence-corrected chi connectivity index (χ4v) is 4.10. The van der Waals surface area contributed by atoms with Crippen LogP contribution in [-0.2, 0) is 19.4 Å². The molecule has 0 radical (unpaired) electrons. The van der Waals surface area contributed by atoms with Gasteiger partial charge in [-0.3, -0.25) is 0 Å². The summed E-state index contributed by atoms with van der Waals surface area (Å²) in [5, 5.41) is 21.3. The molecule has 4 rings (SSSR count). The van der Waals surface area contributed by atoms with Gasteiger partial charge in [-0.1, -0.05) is 37.6 Å². The molecule has 0 saturated heterocycles. The Labute approximate surface area is 182 Å². The normalized spacial score (nSPS) is 12.1. The van der Waals surface area contributed by atoms with Crippen molar-refractivity contribution < 1.29 is 10.2 Å². The van der Waals surface area contributed by atoms with Gasteiger partial charge in [0, 0.05) is 11.8 Å². The Morgan fingerprint density at radius 1 is 1.06 bits per heavy atom. The van der Waals surface area contributed by atoms with E-state index in [9.17, 15) is 10.2 Å². The van der Waals surface area contributed by atoms with Gasteiger partial charge in [0.15, 0.2) is 5.82 Å². The number of imidazole rings is 1. The zero-order valence-corrected chi connectivity index (χ0v) is 18.4. The van der Waals surface area contributed by atoms with Gasteiger partial charge >= 0.3 is 0 Å². The molecule has 0 fully saturated rings. The molecule has 0 aliphatic heterocycles. The van der Waals surface area contributed by atoms with Crippen LogP contribution in [0.3, 0.4) is 0 Å². The van der Waals surface area contributed by atoms with Crippen molar-refractivity contribution in [2.45, 2.75) is 58.6 Å². The van der Waals surface area contributed by atoms with Crippen LogP contribution < -0.4 is 5.73 Å². The average molecular weight is 419 g/mol. The Kier molecular flexibility index (Phi) is 5.58. The number of fused-ring (bicyclic) bond motifs is 3. The van der Waals surface area contributed by atoms with Crippen LogP contribution >= 0.6 is 0 Å². The van der Waals surface area contributed by atoms with E-state index in [2.05, 4.69) is 28.6 Å². The van der Waals surface area contributed by atoms with Crippen LogP contribution in [0, 0.1) is 0 Å². The smallest absolute Gasteiger partial charge is 0.152 e. The van der Waals surface area contributed by atoms with E-state index in [1.54, 1.807) is 12.1 Å². The summed E-state index contributed by atoms with van der Waals surface area (Å²) in [4.78, 5) is 9.47. The number of rotatable bonds is 7. The van der Waals surface area contributed by atoms with E-state index in [4.69, 9.17) is 10.7 Å². The lowest BCUT2D eigenvalue weighted by Crippen LogP contribution is -2.27. The van der Waals surface area contributed by atoms with Gasteiger partial charge in [0.05, 0.1) is 23.2 Å². The number of phenols is 1. The molecule has 4 N–H and O–H groups in total. The molecule has 2 aromatic heterocycles. The molecule has 31 heavy (non-hydrogen) atoms. The monoisotopic (exact) mass is 418 g/mol. The number of nitrogen functional groups attached to an aromatic ring is 1. The van der Waals surface area contributed by atoms with Crippen LogP contribution in [0.15, 0.2) is 42.5 Å². The van der Waals surface area contributed by atoms with Gasteiger partial charge in [-0.05, 0) is 56.0 Å². The molecule has 2 heterocycles. The maximum absolute atomic E-state index is 10.6. The molecule has 0 unspecified atom stereocenters. The molecule has 6 heteroatoms. The number of unbranched alkanes of at least 4 members (excludes halogenated alkanes) is 1. The van der Waals surface area contributed by atoms with Gasteiger partial charge in [0.25, 0.3) is 0 Å². The number of aromatic hydroxyl groups is 1. The summed E-state index contributed by atoms with van der Waals surface area (Å²) in [5.74, 6) is 1.60. The number of hydrogen-bond acceptors (Lipinski definition) is 5. The molecule has 0 aliphatic carbocycles. The van der Waals surface area contributed by atoms with Crippen molar-refractivity contribution in [3.8, 4) is 5.75 Å². The van der Waals surface area contributed by atoms with E-state index in [1.807, 2.05) is 32.0 Å². The highest BCUT2D eigenvalue weighted by molar-refractivity contribution is 6.06. The zero-order valence-electron chi connectivity index (χ0n) is 18.4. The molecular weight excluding hydrogens is 388 g/mol. The highest BCUT2D eigenvalue weighted by Gasteiger charge is 2.22. The number of benzene rings is 2. The first-order chi connectivity index (χ1) is 14.7. The molecule has 0 bridgehead atoms. The van der Waals surface area contributed by atoms with Crippen molar-refractivity contribution >= 4 is 27.8 Å². The number of aliphatic hydroxyl groups is 1. The van der Waals surface area contributed by atoms with Gasteiger partial charge in [-0.25, -0.2) is 9.97 Å². The minimum atomic E-state index is -0.881. The second-order valence-corrected chi connectivity index (χ2v) is 8.92. The first kappa shape index (κ1) is 21.1. The van der Waals surface area contributed by atoms with Gasteiger partial charge in [-0.2, -0.15) is 0 Å². The predicted octanol–water partition coefficient (Wildman–Crippen LogP) is 4.58. The van der Waals surface area contributed by atoms with Gasteiger partial charge in [0.1, 0.15) is 17.1 Å². The van der Waals surface area contributed by atoms with Crippen LogP contribution in [-0.4, -0.2) is 30.3 Å². The molecule has 4 aromatic rings. The summed E-state index contributed by atoms with van der Waals surface area (Å²) in [6.45, 7) is 6.21. The third kappa shape index (κ3) is 4.49. The average Bonchev–Trinajstić information content (AvgIpc) is 3.04. The fraction of sp³-hybridized carbons (Fsp3) is 0.360. The van der Waals surface area contributed by atoms with E-state index >= 15 is 0 Å². The quantitative estimate of drug-likeness (QED) is 0.408. The second-order valence-electron chi connectivity index (χ2n) is 8.92. The molecule has 0 saturated carbocycles. The Bertz CT molecular complexity index is 1240. The maximum Gasteiger partial charge on any atom is 0.152 e. The molecule has 0 spiro atoms. The van der Waals surface area contributed by atoms with E-state index in [0.717, 1.165) is 52.6 Å². The molecule has 162 valence electrons. The Balaban J connectivity index is 1.86. The Hall–Kier alpha value is -3.12. The van der Waals surface area contributed by atoms with Crippen molar-refractivity contribution in [1.29, 1.82) is 0 Å². The number of aromatic nitrogens is 3. The van der Waals surface area contributed by atoms with Crippen molar-refractivity contribution in [1.82, 2.24) is 14.5 Å². The predicted molar refractivity (Wildman–Crippen MR) is 125 cm³/mol. The number of hydrogen-bond donors (Lipinski definition) is 3. The molecule has 0 aliphatic rings. The van der Waals surface area contributed by atoms with Crippen LogP contribution in [0.1, 0.15) is 50.6 Å². The highest BCUT2D eigenvalue weighted by atomic mass is 16.3. The number of anilines is 1. The number of pyridine rings is 1. The first-order valence-electron chi connectivity index (χ1n) is 10.8. The topological polar surface area (TPSA) is 97.2 Å². The maximum atomic E-state index is 10.6. The van der Waals surface area contributed by atoms with E-state index in [0.29, 0.717) is 24.3 Å². The second kappa shape index (κ2) is 8.19. The number of nitrogens with zero attached hydrogens (tertiary/aromatic N) is 3. The molecular formula is C25H30N4O2. The van der Waals surface area contributed by atoms with Gasteiger partial charge < -0.3 is 20.5 Å². The van der Waals surface area contributed by atoms with Crippen molar-refractivity contribution in [2.24, 2.45) is 0 Å². The lowest BCUT2D eigenvalue weighted by molar-refractivity contribution is 0.0618. The third-order valence-corrected chi connectivity index (χ3v) is 5.47. The number of phenolic OH excluding ortho intramolecular Hbond substituents is 1. The zero-order chi connectivity index (χ0) is 22.2. The number of nitrogens with two attached hydrogens (primary N) is 1. The fourth-order valence-electron chi connectivity index (χ4n) is 4.10.